The molecular formula is C21H21BrO2S. The highest BCUT2D eigenvalue weighted by Crippen LogP contribution is 2.36. The number of carbonyl (C=O) groups excluding carboxylic acids is 1. The highest BCUT2D eigenvalue weighted by atomic mass is 79.9. The number of esters is 1. The molecule has 0 aliphatic rings. The first-order valence-electron chi connectivity index (χ1n) is 7.98. The Morgan fingerprint density at radius 3 is 2.52 bits per heavy atom. The lowest BCUT2D eigenvalue weighted by molar-refractivity contribution is -0.137. The number of allylic oxidation sites excluding steroid dienone is 2. The van der Waals surface area contributed by atoms with Gasteiger partial charge in [-0.25, -0.2) is 0 Å². The molecule has 0 saturated carbocycles. The van der Waals surface area contributed by atoms with Gasteiger partial charge in [-0.05, 0) is 37.1 Å². The Labute approximate surface area is 162 Å². The third-order valence-corrected chi connectivity index (χ3v) is 5.24. The van der Waals surface area contributed by atoms with Crippen LogP contribution in [0, 0.1) is 6.92 Å². The van der Waals surface area contributed by atoms with Crippen LogP contribution >= 0.6 is 27.7 Å². The fourth-order valence-electron chi connectivity index (χ4n) is 2.41. The van der Waals surface area contributed by atoms with E-state index in [0.717, 1.165) is 14.9 Å². The van der Waals surface area contributed by atoms with E-state index in [1.165, 1.54) is 12.5 Å². The molecule has 0 aliphatic carbocycles. The molecule has 0 aromatic heterocycles. The largest absolute Gasteiger partial charge is 0.430 e. The minimum atomic E-state index is -0.322. The lowest BCUT2D eigenvalue weighted by atomic mass is 9.94. The van der Waals surface area contributed by atoms with Gasteiger partial charge in [0.15, 0.2) is 0 Å². The van der Waals surface area contributed by atoms with Gasteiger partial charge in [0.2, 0.25) is 0 Å². The number of rotatable bonds is 7. The van der Waals surface area contributed by atoms with E-state index in [-0.39, 0.29) is 11.9 Å². The van der Waals surface area contributed by atoms with Gasteiger partial charge in [0.25, 0.3) is 0 Å². The van der Waals surface area contributed by atoms with Crippen LogP contribution in [-0.4, -0.2) is 5.97 Å². The van der Waals surface area contributed by atoms with Crippen molar-refractivity contribution < 1.29 is 9.53 Å². The van der Waals surface area contributed by atoms with Gasteiger partial charge < -0.3 is 4.74 Å². The zero-order chi connectivity index (χ0) is 18.2. The van der Waals surface area contributed by atoms with E-state index in [1.54, 1.807) is 11.8 Å². The third-order valence-electron chi connectivity index (χ3n) is 3.62. The number of carbonyl (C=O) groups is 1. The molecule has 2 nitrogen and oxygen atoms in total. The quantitative estimate of drug-likeness (QED) is 0.219. The van der Waals surface area contributed by atoms with Gasteiger partial charge in [-0.2, -0.15) is 0 Å². The molecule has 0 spiro atoms. The van der Waals surface area contributed by atoms with Crippen LogP contribution < -0.4 is 0 Å². The Kier molecular flexibility index (Phi) is 7.53. The second kappa shape index (κ2) is 9.64. The molecule has 0 radical (unpaired) electrons. The van der Waals surface area contributed by atoms with E-state index in [9.17, 15) is 4.79 Å². The maximum atomic E-state index is 11.6. The number of ether oxygens (including phenoxy) is 1. The Hall–Kier alpha value is -1.78. The van der Waals surface area contributed by atoms with Gasteiger partial charge in [0, 0.05) is 27.6 Å². The van der Waals surface area contributed by atoms with Crippen LogP contribution in [0.2, 0.25) is 0 Å². The number of thioether (sulfide) groups is 1. The van der Waals surface area contributed by atoms with Crippen molar-refractivity contribution in [1.82, 2.24) is 0 Å². The minimum Gasteiger partial charge on any atom is -0.430 e. The molecule has 1 atom stereocenters. The smallest absolute Gasteiger partial charge is 0.307 e. The summed E-state index contributed by atoms with van der Waals surface area (Å²) in [6.07, 6.45) is 2.52. The summed E-state index contributed by atoms with van der Waals surface area (Å²) >= 11 is 5.14. The molecule has 130 valence electrons. The Morgan fingerprint density at radius 2 is 1.92 bits per heavy atom. The van der Waals surface area contributed by atoms with Crippen LogP contribution in [0.25, 0.3) is 0 Å². The van der Waals surface area contributed by atoms with Gasteiger partial charge in [0.05, 0.1) is 0 Å². The first-order valence-corrected chi connectivity index (χ1v) is 9.65. The highest BCUT2D eigenvalue weighted by Gasteiger charge is 2.21. The summed E-state index contributed by atoms with van der Waals surface area (Å²) in [5.74, 6) is 0.233. The first kappa shape index (κ1) is 19.5. The Bertz CT molecular complexity index is 766. The fraction of sp³-hybridized carbons (Fsp3) is 0.190. The second-order valence-corrected chi connectivity index (χ2v) is 7.44. The zero-order valence-electron chi connectivity index (χ0n) is 14.4. The van der Waals surface area contributed by atoms with Crippen molar-refractivity contribution in [2.45, 2.75) is 31.1 Å². The van der Waals surface area contributed by atoms with Gasteiger partial charge in [-0.3, -0.25) is 4.79 Å². The van der Waals surface area contributed by atoms with Crippen molar-refractivity contribution in [3.8, 4) is 0 Å². The maximum Gasteiger partial charge on any atom is 0.307 e. The van der Waals surface area contributed by atoms with Crippen molar-refractivity contribution in [3.05, 3.63) is 88.0 Å². The Morgan fingerprint density at radius 1 is 1.24 bits per heavy atom. The third kappa shape index (κ3) is 5.91. The SMILES string of the molecule is C=CCC(/C(=C/Sc1ccc(C)cc1)OC(C)=O)c1ccccc1Br. The molecule has 25 heavy (non-hydrogen) atoms. The summed E-state index contributed by atoms with van der Waals surface area (Å²) < 4.78 is 6.54. The number of benzene rings is 2. The second-order valence-electron chi connectivity index (χ2n) is 5.64. The van der Waals surface area contributed by atoms with Crippen LogP contribution in [-0.2, 0) is 9.53 Å². The average molecular weight is 417 g/mol. The summed E-state index contributed by atoms with van der Waals surface area (Å²) in [6.45, 7) is 7.34. The van der Waals surface area contributed by atoms with E-state index >= 15 is 0 Å². The molecule has 0 fully saturated rings. The molecule has 0 bridgehead atoms. The number of aryl methyl sites for hydroxylation is 1. The summed E-state index contributed by atoms with van der Waals surface area (Å²) in [4.78, 5) is 12.7. The monoisotopic (exact) mass is 416 g/mol. The molecule has 0 heterocycles. The summed E-state index contributed by atoms with van der Waals surface area (Å²) in [5, 5.41) is 1.92. The van der Waals surface area contributed by atoms with Crippen molar-refractivity contribution in [3.63, 3.8) is 0 Å². The maximum absolute atomic E-state index is 11.6. The number of hydrogen-bond donors (Lipinski definition) is 0. The van der Waals surface area contributed by atoms with Crippen LogP contribution in [0.3, 0.4) is 0 Å². The van der Waals surface area contributed by atoms with Crippen molar-refractivity contribution >= 4 is 33.7 Å². The predicted octanol–water partition coefficient (Wildman–Crippen LogP) is 6.61. The van der Waals surface area contributed by atoms with Crippen molar-refractivity contribution in [2.75, 3.05) is 0 Å². The molecule has 2 rings (SSSR count). The summed E-state index contributed by atoms with van der Waals surface area (Å²) in [5.41, 5.74) is 2.28. The molecule has 0 aliphatic heterocycles. The van der Waals surface area contributed by atoms with Gasteiger partial charge in [-0.15, -0.1) is 6.58 Å². The van der Waals surface area contributed by atoms with Crippen LogP contribution in [0.1, 0.15) is 30.4 Å². The normalized spacial score (nSPS) is 12.5. The molecular weight excluding hydrogens is 396 g/mol. The topological polar surface area (TPSA) is 26.3 Å². The molecule has 4 heteroatoms. The summed E-state index contributed by atoms with van der Waals surface area (Å²) in [7, 11) is 0. The van der Waals surface area contributed by atoms with Crippen LogP contribution in [0.5, 0.6) is 0 Å². The molecule has 1 unspecified atom stereocenters. The van der Waals surface area contributed by atoms with Crippen LogP contribution in [0.15, 0.2) is 81.7 Å². The molecule has 2 aromatic carbocycles. The van der Waals surface area contributed by atoms with E-state index in [4.69, 9.17) is 4.74 Å². The first-order chi connectivity index (χ1) is 12.0. The number of halogens is 1. The van der Waals surface area contributed by atoms with Gasteiger partial charge >= 0.3 is 5.97 Å². The van der Waals surface area contributed by atoms with E-state index in [1.807, 2.05) is 35.7 Å². The minimum absolute atomic E-state index is 0.0741. The molecule has 0 N–H and O–H groups in total. The standard InChI is InChI=1S/C21H21BrO2S/c1-4-7-19(18-8-5-6-9-20(18)22)21(24-16(3)23)14-25-17-12-10-15(2)11-13-17/h4-6,8-14,19H,1,7H2,2-3H3/b21-14-. The van der Waals surface area contributed by atoms with Crippen LogP contribution in [0.4, 0.5) is 0 Å². The average Bonchev–Trinajstić information content (AvgIpc) is 2.58. The Balaban J connectivity index is 2.36. The van der Waals surface area contributed by atoms with E-state index in [0.29, 0.717) is 12.2 Å². The molecule has 0 amide bonds. The fourth-order valence-corrected chi connectivity index (χ4v) is 3.73. The summed E-state index contributed by atoms with van der Waals surface area (Å²) in [6, 6.07) is 16.2. The highest BCUT2D eigenvalue weighted by molar-refractivity contribution is 9.10. The van der Waals surface area contributed by atoms with Gasteiger partial charge in [0.1, 0.15) is 5.76 Å². The lowest BCUT2D eigenvalue weighted by Crippen LogP contribution is -2.09. The number of hydrogen-bond acceptors (Lipinski definition) is 3. The lowest BCUT2D eigenvalue weighted by Gasteiger charge is -2.20. The van der Waals surface area contributed by atoms with Gasteiger partial charge in [-0.1, -0.05) is 69.7 Å². The van der Waals surface area contributed by atoms with Crippen molar-refractivity contribution in [2.24, 2.45) is 0 Å². The molecule has 0 saturated heterocycles. The predicted molar refractivity (Wildman–Crippen MR) is 109 cm³/mol. The molecule has 2 aromatic rings. The zero-order valence-corrected chi connectivity index (χ0v) is 16.8. The van der Waals surface area contributed by atoms with E-state index in [2.05, 4.69) is 53.7 Å². The van der Waals surface area contributed by atoms with Crippen molar-refractivity contribution in [1.29, 1.82) is 0 Å². The van der Waals surface area contributed by atoms with E-state index < -0.39 is 0 Å².